The minimum Gasteiger partial charge on any atom is -0.380 e. The van der Waals surface area contributed by atoms with Crippen LogP contribution < -0.4 is 16.2 Å². The third-order valence-electron chi connectivity index (χ3n) is 3.16. The minimum atomic E-state index is -0.106. The van der Waals surface area contributed by atoms with Crippen molar-refractivity contribution in [3.8, 4) is 0 Å². The Balaban J connectivity index is 2.12. The fourth-order valence-electron chi connectivity index (χ4n) is 2.16. The van der Waals surface area contributed by atoms with Crippen LogP contribution in [0.4, 0.5) is 5.69 Å². The Bertz CT molecular complexity index is 458. The average molecular weight is 252 g/mol. The molecule has 2 rings (SSSR count). The largest absolute Gasteiger partial charge is 0.380 e. The second-order valence-corrected chi connectivity index (χ2v) is 4.80. The van der Waals surface area contributed by atoms with Crippen LogP contribution in [0, 0.1) is 0 Å². The third-order valence-corrected chi connectivity index (χ3v) is 3.16. The zero-order valence-corrected chi connectivity index (χ0v) is 10.9. The van der Waals surface area contributed by atoms with Crippen LogP contribution in [-0.4, -0.2) is 42.1 Å². The van der Waals surface area contributed by atoms with Crippen LogP contribution in [-0.2, 0) is 11.3 Å². The van der Waals surface area contributed by atoms with Crippen LogP contribution in [0.1, 0.15) is 13.3 Å². The number of methoxy groups -OCH3 is 1. The summed E-state index contributed by atoms with van der Waals surface area (Å²) in [4.78, 5) is 14.0. The second-order valence-electron chi connectivity index (χ2n) is 4.80. The van der Waals surface area contributed by atoms with E-state index in [-0.39, 0.29) is 17.7 Å². The third kappa shape index (κ3) is 2.88. The molecule has 0 saturated carbocycles. The number of nitrogens with two attached hydrogens (primary N) is 1. The minimum absolute atomic E-state index is 0.0780. The highest BCUT2D eigenvalue weighted by Crippen LogP contribution is 2.19. The first-order chi connectivity index (χ1) is 8.60. The molecule has 1 aliphatic rings. The molecule has 6 heteroatoms. The number of anilines is 1. The molecule has 2 N–H and O–H groups in total. The van der Waals surface area contributed by atoms with Gasteiger partial charge in [0.2, 0.25) is 0 Å². The zero-order valence-electron chi connectivity index (χ0n) is 10.9. The smallest absolute Gasteiger partial charge is 0.268 e. The summed E-state index contributed by atoms with van der Waals surface area (Å²) in [6, 6.07) is 1.54. The van der Waals surface area contributed by atoms with E-state index in [1.54, 1.807) is 19.4 Å². The van der Waals surface area contributed by atoms with Crippen molar-refractivity contribution < 1.29 is 4.74 Å². The van der Waals surface area contributed by atoms with E-state index in [1.165, 1.54) is 4.68 Å². The van der Waals surface area contributed by atoms with Crippen molar-refractivity contribution in [2.24, 2.45) is 5.73 Å². The maximum Gasteiger partial charge on any atom is 0.268 e. The summed E-state index contributed by atoms with van der Waals surface area (Å²) in [5, 5.41) is 4.16. The first kappa shape index (κ1) is 13.0. The molecule has 1 unspecified atom stereocenters. The van der Waals surface area contributed by atoms with Gasteiger partial charge in [0.1, 0.15) is 0 Å². The molecule has 1 saturated heterocycles. The molecule has 2 atom stereocenters. The highest BCUT2D eigenvalue weighted by atomic mass is 16.5. The summed E-state index contributed by atoms with van der Waals surface area (Å²) < 4.78 is 6.71. The number of hydrogen-bond acceptors (Lipinski definition) is 5. The molecule has 1 aliphatic heterocycles. The number of ether oxygens (including phenoxy) is 1. The maximum atomic E-state index is 11.9. The molecule has 0 aromatic carbocycles. The lowest BCUT2D eigenvalue weighted by Crippen LogP contribution is -2.32. The summed E-state index contributed by atoms with van der Waals surface area (Å²) in [6.07, 6.45) is 2.96. The Morgan fingerprint density at radius 1 is 1.67 bits per heavy atom. The van der Waals surface area contributed by atoms with E-state index in [1.807, 2.05) is 6.92 Å². The lowest BCUT2D eigenvalue weighted by Gasteiger charge is -2.18. The normalized spacial score (nSPS) is 21.3. The number of nitrogens with zero attached hydrogens (tertiary/aromatic N) is 3. The summed E-state index contributed by atoms with van der Waals surface area (Å²) in [5.41, 5.74) is 6.42. The quantitative estimate of drug-likeness (QED) is 0.804. The van der Waals surface area contributed by atoms with Crippen molar-refractivity contribution >= 4 is 5.69 Å². The molecule has 1 aromatic heterocycles. The van der Waals surface area contributed by atoms with E-state index in [2.05, 4.69) is 10.00 Å². The Kier molecular flexibility index (Phi) is 3.98. The molecule has 0 bridgehead atoms. The second kappa shape index (κ2) is 5.49. The Labute approximate surface area is 106 Å². The van der Waals surface area contributed by atoms with Crippen molar-refractivity contribution in [3.63, 3.8) is 0 Å². The highest BCUT2D eigenvalue weighted by Gasteiger charge is 2.22. The van der Waals surface area contributed by atoms with Gasteiger partial charge in [-0.15, -0.1) is 0 Å². The van der Waals surface area contributed by atoms with E-state index in [9.17, 15) is 4.79 Å². The average Bonchev–Trinajstić information content (AvgIpc) is 2.80. The Morgan fingerprint density at radius 3 is 3.00 bits per heavy atom. The van der Waals surface area contributed by atoms with E-state index < -0.39 is 0 Å². The van der Waals surface area contributed by atoms with Gasteiger partial charge in [-0.25, -0.2) is 4.68 Å². The molecular formula is C12H20N4O2. The fourth-order valence-corrected chi connectivity index (χ4v) is 2.16. The van der Waals surface area contributed by atoms with Gasteiger partial charge in [0.25, 0.3) is 5.56 Å². The topological polar surface area (TPSA) is 73.4 Å². The van der Waals surface area contributed by atoms with Crippen LogP contribution in [0.2, 0.25) is 0 Å². The van der Waals surface area contributed by atoms with E-state index in [0.29, 0.717) is 6.54 Å². The first-order valence-corrected chi connectivity index (χ1v) is 6.20. The zero-order chi connectivity index (χ0) is 13.1. The molecular weight excluding hydrogens is 232 g/mol. The van der Waals surface area contributed by atoms with E-state index in [4.69, 9.17) is 10.5 Å². The van der Waals surface area contributed by atoms with Crippen molar-refractivity contribution in [2.75, 3.05) is 25.1 Å². The number of hydrogen-bond donors (Lipinski definition) is 1. The van der Waals surface area contributed by atoms with Gasteiger partial charge < -0.3 is 15.4 Å². The lowest BCUT2D eigenvalue weighted by molar-refractivity contribution is 0.121. The molecule has 6 nitrogen and oxygen atoms in total. The molecule has 0 spiro atoms. The maximum absolute atomic E-state index is 11.9. The Morgan fingerprint density at radius 2 is 2.44 bits per heavy atom. The summed E-state index contributed by atoms with van der Waals surface area (Å²) in [6.45, 7) is 4.01. The van der Waals surface area contributed by atoms with Crippen molar-refractivity contribution in [3.05, 3.63) is 22.6 Å². The lowest BCUT2D eigenvalue weighted by atomic mass is 10.3. The van der Waals surface area contributed by atoms with Gasteiger partial charge in [-0.05, 0) is 13.3 Å². The molecule has 0 aliphatic carbocycles. The van der Waals surface area contributed by atoms with Gasteiger partial charge in [0, 0.05) is 32.3 Å². The van der Waals surface area contributed by atoms with Crippen LogP contribution in [0.25, 0.3) is 0 Å². The molecule has 1 fully saturated rings. The molecule has 2 heterocycles. The summed E-state index contributed by atoms with van der Waals surface area (Å²) in [7, 11) is 1.72. The number of rotatable bonds is 4. The molecule has 18 heavy (non-hydrogen) atoms. The highest BCUT2D eigenvalue weighted by molar-refractivity contribution is 5.44. The van der Waals surface area contributed by atoms with Crippen LogP contribution in [0.3, 0.4) is 0 Å². The van der Waals surface area contributed by atoms with Gasteiger partial charge in [-0.2, -0.15) is 5.10 Å². The van der Waals surface area contributed by atoms with Crippen LogP contribution >= 0.6 is 0 Å². The summed E-state index contributed by atoms with van der Waals surface area (Å²) in [5.74, 6) is 0. The Hall–Kier alpha value is -1.40. The standard InChI is InChI=1S/C12H20N4O2/c1-9(13)7-16-12(17)5-10(6-14-16)15-4-3-11(8-15)18-2/h5-6,9,11H,3-4,7-8,13H2,1-2H3/t9-,11?/m0/s1. The van der Waals surface area contributed by atoms with Gasteiger partial charge in [-0.3, -0.25) is 4.79 Å². The summed E-state index contributed by atoms with van der Waals surface area (Å²) >= 11 is 0. The SMILES string of the molecule is COC1CCN(c2cnn(C[C@H](C)N)c(=O)c2)C1. The van der Waals surface area contributed by atoms with Gasteiger partial charge in [-0.1, -0.05) is 0 Å². The van der Waals surface area contributed by atoms with Crippen molar-refractivity contribution in [1.82, 2.24) is 9.78 Å². The van der Waals surface area contributed by atoms with Gasteiger partial charge >= 0.3 is 0 Å². The van der Waals surface area contributed by atoms with Crippen molar-refractivity contribution in [2.45, 2.75) is 32.0 Å². The predicted octanol–water partition coefficient (Wildman–Crippen LogP) is -0.184. The number of aromatic nitrogens is 2. The van der Waals surface area contributed by atoms with Crippen molar-refractivity contribution in [1.29, 1.82) is 0 Å². The first-order valence-electron chi connectivity index (χ1n) is 6.20. The van der Waals surface area contributed by atoms with E-state index in [0.717, 1.165) is 25.2 Å². The van der Waals surface area contributed by atoms with Crippen LogP contribution in [0.5, 0.6) is 0 Å². The predicted molar refractivity (Wildman–Crippen MR) is 69.8 cm³/mol. The monoisotopic (exact) mass is 252 g/mol. The fraction of sp³-hybridized carbons (Fsp3) is 0.667. The van der Waals surface area contributed by atoms with Gasteiger partial charge in [0.05, 0.1) is 24.5 Å². The molecule has 0 amide bonds. The van der Waals surface area contributed by atoms with Crippen LogP contribution in [0.15, 0.2) is 17.1 Å². The molecule has 100 valence electrons. The van der Waals surface area contributed by atoms with Gasteiger partial charge in [0.15, 0.2) is 0 Å². The molecule has 0 radical (unpaired) electrons. The molecule has 1 aromatic rings. The van der Waals surface area contributed by atoms with E-state index >= 15 is 0 Å².